The minimum Gasteiger partial charge on any atom is -0.508 e. The van der Waals surface area contributed by atoms with Crippen molar-refractivity contribution in [3.63, 3.8) is 0 Å². The van der Waals surface area contributed by atoms with Gasteiger partial charge in [0.2, 0.25) is 10.0 Å². The van der Waals surface area contributed by atoms with Crippen LogP contribution in [0.15, 0.2) is 53.4 Å². The van der Waals surface area contributed by atoms with Crippen LogP contribution in [0.25, 0.3) is 0 Å². The molecule has 0 unspecified atom stereocenters. The van der Waals surface area contributed by atoms with Crippen LogP contribution in [-0.4, -0.2) is 25.9 Å². The largest absolute Gasteiger partial charge is 0.508 e. The minimum atomic E-state index is -3.59. The van der Waals surface area contributed by atoms with E-state index in [2.05, 4.69) is 4.72 Å². The topological polar surface area (TPSA) is 116 Å². The number of phenolic OH excluding ortho intramolecular Hbond substituents is 1. The van der Waals surface area contributed by atoms with E-state index in [0.717, 1.165) is 5.56 Å². The number of amidine groups is 1. The maximum atomic E-state index is 12.1. The predicted octanol–water partition coefficient (Wildman–Crippen LogP) is 1.20. The second-order valence-corrected chi connectivity index (χ2v) is 6.52. The lowest BCUT2D eigenvalue weighted by Gasteiger charge is -2.08. The number of sulfonamides is 1. The number of hydrogen-bond donors (Lipinski definition) is 4. The third kappa shape index (κ3) is 4.06. The minimum absolute atomic E-state index is 0.107. The quantitative estimate of drug-likeness (QED) is 0.473. The van der Waals surface area contributed by atoms with Crippen LogP contribution in [0.1, 0.15) is 11.1 Å². The maximum absolute atomic E-state index is 12.1. The molecule has 0 aromatic heterocycles. The first kappa shape index (κ1) is 16.0. The molecule has 22 heavy (non-hydrogen) atoms. The second kappa shape index (κ2) is 6.59. The van der Waals surface area contributed by atoms with Gasteiger partial charge in [-0.25, -0.2) is 13.1 Å². The fourth-order valence-electron chi connectivity index (χ4n) is 1.89. The van der Waals surface area contributed by atoms with Gasteiger partial charge in [0.05, 0.1) is 4.90 Å². The first-order valence-electron chi connectivity index (χ1n) is 6.60. The van der Waals surface area contributed by atoms with Crippen molar-refractivity contribution < 1.29 is 13.5 Å². The highest BCUT2D eigenvalue weighted by atomic mass is 32.2. The second-order valence-electron chi connectivity index (χ2n) is 4.75. The molecule has 116 valence electrons. The highest BCUT2D eigenvalue weighted by Crippen LogP contribution is 2.12. The molecule has 0 saturated heterocycles. The highest BCUT2D eigenvalue weighted by molar-refractivity contribution is 7.89. The van der Waals surface area contributed by atoms with Crippen molar-refractivity contribution >= 4 is 15.9 Å². The van der Waals surface area contributed by atoms with Crippen LogP contribution in [0.3, 0.4) is 0 Å². The van der Waals surface area contributed by atoms with Gasteiger partial charge in [0, 0.05) is 12.1 Å². The summed E-state index contributed by atoms with van der Waals surface area (Å²) in [6.07, 6.45) is 0.519. The molecular formula is C15H17N3O3S. The van der Waals surface area contributed by atoms with Crippen molar-refractivity contribution in [3.05, 3.63) is 59.7 Å². The van der Waals surface area contributed by atoms with Crippen molar-refractivity contribution in [3.8, 4) is 5.75 Å². The Balaban J connectivity index is 1.98. The summed E-state index contributed by atoms with van der Waals surface area (Å²) in [5, 5.41) is 16.5. The number of nitrogens with two attached hydrogens (primary N) is 1. The molecule has 0 bridgehead atoms. The number of nitrogens with one attached hydrogen (secondary N) is 2. The molecule has 6 nitrogen and oxygen atoms in total. The molecule has 0 radical (unpaired) electrons. The summed E-state index contributed by atoms with van der Waals surface area (Å²) in [6.45, 7) is 0.252. The smallest absolute Gasteiger partial charge is 0.240 e. The Morgan fingerprint density at radius 3 is 2.23 bits per heavy atom. The molecule has 0 fully saturated rings. The highest BCUT2D eigenvalue weighted by Gasteiger charge is 2.13. The summed E-state index contributed by atoms with van der Waals surface area (Å²) in [6, 6.07) is 12.4. The summed E-state index contributed by atoms with van der Waals surface area (Å²) in [4.78, 5) is 0.128. The molecule has 0 aliphatic carbocycles. The molecule has 0 saturated carbocycles. The van der Waals surface area contributed by atoms with Crippen LogP contribution >= 0.6 is 0 Å². The fourth-order valence-corrected chi connectivity index (χ4v) is 2.92. The Morgan fingerprint density at radius 2 is 1.68 bits per heavy atom. The molecule has 0 spiro atoms. The van der Waals surface area contributed by atoms with E-state index >= 15 is 0 Å². The first-order valence-corrected chi connectivity index (χ1v) is 8.09. The standard InChI is InChI=1S/C15H17N3O3S/c16-15(17)12-3-7-14(8-4-12)22(20,21)18-10-9-11-1-5-13(19)6-2-11/h1-8,18-19H,9-10H2,(H3,16,17). The van der Waals surface area contributed by atoms with Gasteiger partial charge in [-0.05, 0) is 48.4 Å². The van der Waals surface area contributed by atoms with E-state index in [0.29, 0.717) is 12.0 Å². The van der Waals surface area contributed by atoms with E-state index in [1.165, 1.54) is 24.3 Å². The molecular weight excluding hydrogens is 302 g/mol. The van der Waals surface area contributed by atoms with Crippen molar-refractivity contribution in [1.82, 2.24) is 4.72 Å². The molecule has 0 aliphatic heterocycles. The number of nitrogen functional groups attached to an aromatic ring is 1. The van der Waals surface area contributed by atoms with Gasteiger partial charge in [0.15, 0.2) is 0 Å². The zero-order valence-electron chi connectivity index (χ0n) is 11.8. The average Bonchev–Trinajstić information content (AvgIpc) is 2.49. The van der Waals surface area contributed by atoms with Crippen molar-refractivity contribution in [2.75, 3.05) is 6.54 Å². The van der Waals surface area contributed by atoms with Crippen molar-refractivity contribution in [1.29, 1.82) is 5.41 Å². The Morgan fingerprint density at radius 1 is 1.09 bits per heavy atom. The lowest BCUT2D eigenvalue weighted by Crippen LogP contribution is -2.26. The van der Waals surface area contributed by atoms with E-state index in [9.17, 15) is 13.5 Å². The first-order chi connectivity index (χ1) is 10.4. The Kier molecular flexibility index (Phi) is 4.79. The van der Waals surface area contributed by atoms with Crippen LogP contribution in [0.2, 0.25) is 0 Å². The van der Waals surface area contributed by atoms with E-state index in [4.69, 9.17) is 11.1 Å². The molecule has 0 amide bonds. The average molecular weight is 319 g/mol. The van der Waals surface area contributed by atoms with Gasteiger partial charge >= 0.3 is 0 Å². The lowest BCUT2D eigenvalue weighted by atomic mass is 10.1. The van der Waals surface area contributed by atoms with E-state index in [1.807, 2.05) is 0 Å². The number of aromatic hydroxyl groups is 1. The zero-order valence-corrected chi connectivity index (χ0v) is 12.6. The van der Waals surface area contributed by atoms with Crippen LogP contribution in [0, 0.1) is 5.41 Å². The Labute approximate surface area is 129 Å². The maximum Gasteiger partial charge on any atom is 0.240 e. The number of rotatable bonds is 6. The molecule has 2 rings (SSSR count). The van der Waals surface area contributed by atoms with Gasteiger partial charge in [0.25, 0.3) is 0 Å². The molecule has 0 atom stereocenters. The monoisotopic (exact) mass is 319 g/mol. The van der Waals surface area contributed by atoms with Gasteiger partial charge < -0.3 is 10.8 Å². The molecule has 2 aromatic carbocycles. The lowest BCUT2D eigenvalue weighted by molar-refractivity contribution is 0.475. The van der Waals surface area contributed by atoms with Gasteiger partial charge in [-0.3, -0.25) is 5.41 Å². The Hall–Kier alpha value is -2.38. The molecule has 7 heteroatoms. The van der Waals surface area contributed by atoms with Crippen LogP contribution < -0.4 is 10.5 Å². The number of benzene rings is 2. The van der Waals surface area contributed by atoms with Crippen LogP contribution in [-0.2, 0) is 16.4 Å². The predicted molar refractivity (Wildman–Crippen MR) is 84.5 cm³/mol. The fraction of sp³-hybridized carbons (Fsp3) is 0.133. The normalized spacial score (nSPS) is 11.3. The van der Waals surface area contributed by atoms with Gasteiger partial charge in [-0.2, -0.15) is 0 Å². The van der Waals surface area contributed by atoms with Crippen LogP contribution in [0.5, 0.6) is 5.75 Å². The van der Waals surface area contributed by atoms with Gasteiger partial charge in [-0.1, -0.05) is 12.1 Å². The van der Waals surface area contributed by atoms with E-state index in [1.54, 1.807) is 24.3 Å². The van der Waals surface area contributed by atoms with Gasteiger partial charge in [-0.15, -0.1) is 0 Å². The summed E-state index contributed by atoms with van der Waals surface area (Å²) >= 11 is 0. The molecule has 5 N–H and O–H groups in total. The Bertz CT molecular complexity index is 754. The SMILES string of the molecule is N=C(N)c1ccc(S(=O)(=O)NCCc2ccc(O)cc2)cc1. The van der Waals surface area contributed by atoms with Crippen molar-refractivity contribution in [2.45, 2.75) is 11.3 Å². The third-order valence-corrected chi connectivity index (χ3v) is 4.59. The third-order valence-electron chi connectivity index (χ3n) is 3.12. The van der Waals surface area contributed by atoms with Crippen molar-refractivity contribution in [2.24, 2.45) is 5.73 Å². The van der Waals surface area contributed by atoms with Gasteiger partial charge in [0.1, 0.15) is 11.6 Å². The summed E-state index contributed by atoms with van der Waals surface area (Å²) in [5.74, 6) is 0.0686. The summed E-state index contributed by atoms with van der Waals surface area (Å²) in [7, 11) is -3.59. The molecule has 0 aliphatic rings. The summed E-state index contributed by atoms with van der Waals surface area (Å²) in [5.41, 5.74) is 6.73. The zero-order chi connectivity index (χ0) is 16.2. The van der Waals surface area contributed by atoms with Crippen LogP contribution in [0.4, 0.5) is 0 Å². The summed E-state index contributed by atoms with van der Waals surface area (Å²) < 4.78 is 26.8. The number of hydrogen-bond acceptors (Lipinski definition) is 4. The van der Waals surface area contributed by atoms with E-state index in [-0.39, 0.29) is 23.0 Å². The van der Waals surface area contributed by atoms with E-state index < -0.39 is 10.0 Å². The number of phenols is 1. The molecule has 2 aromatic rings. The molecule has 0 heterocycles.